The van der Waals surface area contributed by atoms with Crippen molar-refractivity contribution in [2.24, 2.45) is 11.8 Å². The Hall–Kier alpha value is -2.97. The number of anilines is 1. The Morgan fingerprint density at radius 1 is 1.09 bits per heavy atom. The van der Waals surface area contributed by atoms with Crippen molar-refractivity contribution in [3.05, 3.63) is 53.6 Å². The number of hydrogen-bond acceptors (Lipinski definition) is 6. The fraction of sp³-hybridized carbons (Fsp3) is 0.519. The van der Waals surface area contributed by atoms with Crippen molar-refractivity contribution in [3.63, 3.8) is 0 Å². The number of carbonyl (C=O) groups excluding carboxylic acids is 3. The molecule has 0 saturated carbocycles. The lowest BCUT2D eigenvalue weighted by Gasteiger charge is -2.39. The molecule has 4 heterocycles. The molecule has 8 heteroatoms. The number of amides is 2. The average molecular weight is 481 g/mol. The number of fused-ring (bicyclic) bond motifs is 2. The topological polar surface area (TPSA) is 96.4 Å². The second kappa shape index (κ2) is 8.31. The van der Waals surface area contributed by atoms with Crippen molar-refractivity contribution in [1.29, 1.82) is 0 Å². The number of carbonyl (C=O) groups is 3. The van der Waals surface area contributed by atoms with Crippen LogP contribution < -0.4 is 4.90 Å². The van der Waals surface area contributed by atoms with Gasteiger partial charge in [-0.05, 0) is 45.2 Å². The maximum atomic E-state index is 14.4. The highest BCUT2D eigenvalue weighted by molar-refractivity contribution is 6.06. The molecule has 0 radical (unpaired) electrons. The Labute approximate surface area is 205 Å². The summed E-state index contributed by atoms with van der Waals surface area (Å²) in [6.45, 7) is 7.59. The number of esters is 1. The lowest BCUT2D eigenvalue weighted by atomic mass is 9.74. The third-order valence-electron chi connectivity index (χ3n) is 7.91. The summed E-state index contributed by atoms with van der Waals surface area (Å²) in [5.41, 5.74) is 0.204. The maximum absolute atomic E-state index is 14.4. The van der Waals surface area contributed by atoms with Gasteiger partial charge in [-0.3, -0.25) is 14.4 Å². The minimum atomic E-state index is -1.37. The zero-order chi connectivity index (χ0) is 25.1. The van der Waals surface area contributed by atoms with Gasteiger partial charge in [0, 0.05) is 12.2 Å². The van der Waals surface area contributed by atoms with Gasteiger partial charge >= 0.3 is 5.97 Å². The molecule has 8 nitrogen and oxygen atoms in total. The van der Waals surface area contributed by atoms with Crippen LogP contribution in [0, 0.1) is 25.7 Å². The van der Waals surface area contributed by atoms with Gasteiger partial charge in [-0.25, -0.2) is 0 Å². The van der Waals surface area contributed by atoms with E-state index in [9.17, 15) is 19.5 Å². The van der Waals surface area contributed by atoms with E-state index < -0.39 is 41.1 Å². The zero-order valence-corrected chi connectivity index (χ0v) is 20.6. The number of benzene rings is 1. The van der Waals surface area contributed by atoms with Gasteiger partial charge in [0.25, 0.3) is 5.91 Å². The van der Waals surface area contributed by atoms with Crippen molar-refractivity contribution in [2.45, 2.75) is 57.4 Å². The van der Waals surface area contributed by atoms with Crippen LogP contribution in [0.4, 0.5) is 5.69 Å². The summed E-state index contributed by atoms with van der Waals surface area (Å²) in [6.07, 6.45) is 7.94. The number of aliphatic hydroxyl groups is 1. The highest BCUT2D eigenvalue weighted by atomic mass is 16.6. The number of nitrogens with zero attached hydrogens (tertiary/aromatic N) is 2. The van der Waals surface area contributed by atoms with E-state index in [1.807, 2.05) is 50.3 Å². The first kappa shape index (κ1) is 23.8. The number of ether oxygens (including phenoxy) is 2. The minimum Gasteiger partial charge on any atom is -0.465 e. The van der Waals surface area contributed by atoms with E-state index >= 15 is 0 Å². The van der Waals surface area contributed by atoms with Gasteiger partial charge in [0.2, 0.25) is 5.91 Å². The number of aliphatic hydroxyl groups excluding tert-OH is 1. The molecule has 35 heavy (non-hydrogen) atoms. The number of hydrogen-bond donors (Lipinski definition) is 1. The van der Waals surface area contributed by atoms with Crippen molar-refractivity contribution < 1.29 is 29.0 Å². The Balaban J connectivity index is 1.70. The third kappa shape index (κ3) is 3.30. The average Bonchev–Trinajstić information content (AvgIpc) is 3.14. The third-order valence-corrected chi connectivity index (χ3v) is 7.91. The van der Waals surface area contributed by atoms with E-state index in [1.54, 1.807) is 24.8 Å². The second-order valence-corrected chi connectivity index (χ2v) is 10.2. The quantitative estimate of drug-likeness (QED) is 0.526. The highest BCUT2D eigenvalue weighted by Gasteiger charge is 2.75. The number of likely N-dealkylation sites (tertiary alicyclic amines) is 1. The molecule has 1 spiro atoms. The lowest BCUT2D eigenvalue weighted by molar-refractivity contribution is -0.160. The van der Waals surface area contributed by atoms with Crippen LogP contribution in [0.1, 0.15) is 31.4 Å². The summed E-state index contributed by atoms with van der Waals surface area (Å²) in [4.78, 5) is 44.7. The summed E-state index contributed by atoms with van der Waals surface area (Å²) < 4.78 is 12.2. The van der Waals surface area contributed by atoms with Crippen molar-refractivity contribution in [2.75, 3.05) is 24.7 Å². The van der Waals surface area contributed by atoms with Crippen LogP contribution in [0.5, 0.6) is 0 Å². The van der Waals surface area contributed by atoms with Crippen LogP contribution in [0.2, 0.25) is 0 Å². The van der Waals surface area contributed by atoms with Crippen molar-refractivity contribution in [3.8, 4) is 0 Å². The number of aryl methyl sites for hydroxylation is 2. The van der Waals surface area contributed by atoms with Crippen LogP contribution >= 0.6 is 0 Å². The largest absolute Gasteiger partial charge is 0.465 e. The molecule has 6 atom stereocenters. The van der Waals surface area contributed by atoms with Crippen molar-refractivity contribution >= 4 is 23.5 Å². The molecule has 1 unspecified atom stereocenters. The molecule has 2 fully saturated rings. The van der Waals surface area contributed by atoms with Gasteiger partial charge in [-0.2, -0.15) is 0 Å². The van der Waals surface area contributed by atoms with E-state index in [2.05, 4.69) is 0 Å². The van der Waals surface area contributed by atoms with E-state index in [-0.39, 0.29) is 25.0 Å². The Bertz CT molecular complexity index is 1120. The van der Waals surface area contributed by atoms with Crippen LogP contribution in [0.25, 0.3) is 0 Å². The summed E-state index contributed by atoms with van der Waals surface area (Å²) >= 11 is 0. The van der Waals surface area contributed by atoms with Crippen LogP contribution in [-0.2, 0) is 23.9 Å². The molecule has 2 saturated heterocycles. The minimum absolute atomic E-state index is 0.227. The van der Waals surface area contributed by atoms with Crippen molar-refractivity contribution in [1.82, 2.24) is 4.90 Å². The predicted octanol–water partition coefficient (Wildman–Crippen LogP) is 2.06. The molecule has 0 aliphatic carbocycles. The number of cyclic esters (lactones) is 1. The zero-order valence-electron chi connectivity index (χ0n) is 20.6. The molecule has 4 aliphatic heterocycles. The summed E-state index contributed by atoms with van der Waals surface area (Å²) in [7, 11) is 0. The monoisotopic (exact) mass is 480 g/mol. The van der Waals surface area contributed by atoms with Gasteiger partial charge < -0.3 is 24.4 Å². The normalized spacial score (nSPS) is 35.1. The van der Waals surface area contributed by atoms with Gasteiger partial charge in [0.1, 0.15) is 17.6 Å². The van der Waals surface area contributed by atoms with Gasteiger partial charge in [-0.1, -0.05) is 42.5 Å². The fourth-order valence-corrected chi connectivity index (χ4v) is 6.42. The molecule has 5 rings (SSSR count). The first-order valence-corrected chi connectivity index (χ1v) is 12.2. The summed E-state index contributed by atoms with van der Waals surface area (Å²) in [6, 6.07) is 4.17. The smallest absolute Gasteiger partial charge is 0.313 e. The first-order valence-electron chi connectivity index (χ1n) is 12.2. The van der Waals surface area contributed by atoms with E-state index in [0.29, 0.717) is 13.0 Å². The molecule has 1 aromatic carbocycles. The SMILES string of the molecule is Cc1cccc(C)c1N1CC=C[C@]23O[C@]4(C)C=CCCOC(=O)[C@@H]4[C@H]2C(=O)N([C@H](C)CO)C3C1=O. The standard InChI is InChI=1S/C27H32N2O6/c1-16-9-7-10-17(2)21(16)28-13-8-12-27-19(23(31)29(18(3)15-30)22(27)24(28)32)20-25(33)34-14-6-5-11-26(20,4)35-27/h5,7-12,18-20,22,30H,6,13-15H2,1-4H3/t18-,19+,20+,22?,26-,27+/m1/s1. The molecule has 186 valence electrons. The molecular weight excluding hydrogens is 448 g/mol. The Morgan fingerprint density at radius 3 is 2.49 bits per heavy atom. The molecular formula is C27H32N2O6. The fourth-order valence-electron chi connectivity index (χ4n) is 6.42. The summed E-state index contributed by atoms with van der Waals surface area (Å²) in [5.74, 6) is -3.02. The van der Waals surface area contributed by atoms with Crippen LogP contribution in [0.15, 0.2) is 42.5 Å². The molecule has 4 aliphatic rings. The summed E-state index contributed by atoms with van der Waals surface area (Å²) in [5, 5.41) is 10.0. The Morgan fingerprint density at radius 2 is 1.80 bits per heavy atom. The molecule has 1 aromatic rings. The van der Waals surface area contributed by atoms with Crippen LogP contribution in [0.3, 0.4) is 0 Å². The second-order valence-electron chi connectivity index (χ2n) is 10.2. The predicted molar refractivity (Wildman–Crippen MR) is 129 cm³/mol. The maximum Gasteiger partial charge on any atom is 0.313 e. The lowest BCUT2D eigenvalue weighted by Crippen LogP contribution is -2.58. The van der Waals surface area contributed by atoms with E-state index in [0.717, 1.165) is 16.8 Å². The van der Waals surface area contributed by atoms with Gasteiger partial charge in [0.05, 0.1) is 30.8 Å². The molecule has 2 amide bonds. The van der Waals surface area contributed by atoms with Crippen LogP contribution in [-0.4, -0.2) is 70.8 Å². The Kier molecular flexibility index (Phi) is 5.64. The first-order chi connectivity index (χ1) is 16.7. The van der Waals surface area contributed by atoms with E-state index in [1.165, 1.54) is 4.90 Å². The molecule has 1 N–H and O–H groups in total. The van der Waals surface area contributed by atoms with Gasteiger partial charge in [-0.15, -0.1) is 0 Å². The molecule has 0 bridgehead atoms. The number of para-hydroxylation sites is 1. The van der Waals surface area contributed by atoms with E-state index in [4.69, 9.17) is 9.47 Å². The number of rotatable bonds is 3. The van der Waals surface area contributed by atoms with Gasteiger partial charge in [0.15, 0.2) is 0 Å². The highest BCUT2D eigenvalue weighted by Crippen LogP contribution is 2.57. The molecule has 0 aromatic heterocycles.